The fourth-order valence-corrected chi connectivity index (χ4v) is 5.36. The average Bonchev–Trinajstić information content (AvgIpc) is 3.17. The van der Waals surface area contributed by atoms with E-state index >= 15 is 0 Å². The van der Waals surface area contributed by atoms with Crippen LogP contribution in [0.3, 0.4) is 0 Å². The topological polar surface area (TPSA) is 151 Å². The van der Waals surface area contributed by atoms with Gasteiger partial charge >= 0.3 is 0 Å². The lowest BCUT2D eigenvalue weighted by atomic mass is 9.95. The maximum atomic E-state index is 13.2. The highest BCUT2D eigenvalue weighted by Gasteiger charge is 2.46. The van der Waals surface area contributed by atoms with Gasteiger partial charge in [-0.15, -0.1) is 0 Å². The Bertz CT molecular complexity index is 1370. The molecule has 0 radical (unpaired) electrons. The number of sulfonamides is 1. The van der Waals surface area contributed by atoms with Gasteiger partial charge in [-0.3, -0.25) is 24.6 Å². The number of aliphatic hydroxyl groups excluding tert-OH is 1. The number of hydrogen-bond donors (Lipinski definition) is 1. The lowest BCUT2D eigenvalue weighted by molar-refractivity contribution is -0.384. The Labute approximate surface area is 219 Å². The highest BCUT2D eigenvalue weighted by Crippen LogP contribution is 2.39. The summed E-state index contributed by atoms with van der Waals surface area (Å²) in [6.07, 6.45) is 0. The zero-order chi connectivity index (χ0) is 27.6. The van der Waals surface area contributed by atoms with Crippen molar-refractivity contribution in [1.82, 2.24) is 14.1 Å². The zero-order valence-corrected chi connectivity index (χ0v) is 21.8. The van der Waals surface area contributed by atoms with Crippen LogP contribution in [0.2, 0.25) is 0 Å². The van der Waals surface area contributed by atoms with E-state index in [1.807, 2.05) is 0 Å². The number of amides is 1. The summed E-state index contributed by atoms with van der Waals surface area (Å²) in [5, 5.41) is 22.4. The molecule has 2 aliphatic rings. The van der Waals surface area contributed by atoms with Crippen molar-refractivity contribution in [2.45, 2.75) is 10.9 Å². The average molecular weight is 545 g/mol. The fraction of sp³-hybridized carbons (Fsp3) is 0.360. The molecule has 13 heteroatoms. The molecule has 38 heavy (non-hydrogen) atoms. The largest absolute Gasteiger partial charge is 0.507 e. The number of nitrogens with zero attached hydrogens (tertiary/aromatic N) is 4. The molecule has 2 saturated heterocycles. The van der Waals surface area contributed by atoms with Crippen LogP contribution in [0.5, 0.6) is 0 Å². The standard InChI is InChI=1S/C25H28N4O8S/c1-26(2)38(35,36)20-9-5-18(6-10-20)23(30)21-22(17-3-7-19(8-4-17)29(33)34)28(25(32)24(21)31)12-11-27-13-15-37-16-14-27/h3-10,22,30H,11-16H2,1-2H3/b23-21+/t22-/m0/s1. The van der Waals surface area contributed by atoms with E-state index in [9.17, 15) is 33.2 Å². The molecular weight excluding hydrogens is 516 g/mol. The molecule has 4 rings (SSSR count). The van der Waals surface area contributed by atoms with Crippen LogP contribution in [0, 0.1) is 10.1 Å². The van der Waals surface area contributed by atoms with Crippen molar-refractivity contribution < 1.29 is 32.8 Å². The van der Waals surface area contributed by atoms with Crippen LogP contribution in [-0.4, -0.2) is 97.7 Å². The minimum absolute atomic E-state index is 0.00284. The number of non-ortho nitro benzene ring substituents is 1. The van der Waals surface area contributed by atoms with Crippen molar-refractivity contribution in [2.24, 2.45) is 0 Å². The summed E-state index contributed by atoms with van der Waals surface area (Å²) >= 11 is 0. The Hall–Kier alpha value is -3.65. The Kier molecular flexibility index (Phi) is 7.92. The van der Waals surface area contributed by atoms with Crippen LogP contribution >= 0.6 is 0 Å². The van der Waals surface area contributed by atoms with Crippen LogP contribution in [0.4, 0.5) is 5.69 Å². The predicted molar refractivity (Wildman–Crippen MR) is 137 cm³/mol. The second kappa shape index (κ2) is 11.0. The first-order chi connectivity index (χ1) is 18.0. The van der Waals surface area contributed by atoms with E-state index in [0.717, 1.165) is 4.31 Å². The Morgan fingerprint density at radius 1 is 1.05 bits per heavy atom. The lowest BCUT2D eigenvalue weighted by Gasteiger charge is -2.31. The summed E-state index contributed by atoms with van der Waals surface area (Å²) in [5.41, 5.74) is 0.247. The molecule has 2 heterocycles. The highest BCUT2D eigenvalue weighted by molar-refractivity contribution is 7.89. The van der Waals surface area contributed by atoms with Gasteiger partial charge in [0, 0.05) is 58.0 Å². The van der Waals surface area contributed by atoms with Gasteiger partial charge < -0.3 is 14.7 Å². The SMILES string of the molecule is CN(C)S(=O)(=O)c1ccc(/C(O)=C2\C(=O)C(=O)N(CCN3CCOCC3)[C@H]2c2ccc([N+](=O)[O-])cc2)cc1. The van der Waals surface area contributed by atoms with Crippen molar-refractivity contribution in [3.63, 3.8) is 0 Å². The van der Waals surface area contributed by atoms with Crippen LogP contribution in [0.1, 0.15) is 17.2 Å². The number of carbonyl (C=O) groups excluding carboxylic acids is 2. The summed E-state index contributed by atoms with van der Waals surface area (Å²) in [6.45, 7) is 3.12. The Morgan fingerprint density at radius 3 is 2.21 bits per heavy atom. The van der Waals surface area contributed by atoms with Crippen molar-refractivity contribution in [3.05, 3.63) is 75.3 Å². The van der Waals surface area contributed by atoms with Crippen molar-refractivity contribution in [1.29, 1.82) is 0 Å². The highest BCUT2D eigenvalue weighted by atomic mass is 32.2. The number of carbonyl (C=O) groups is 2. The summed E-state index contributed by atoms with van der Waals surface area (Å²) in [7, 11) is -0.923. The number of rotatable bonds is 8. The molecule has 2 aromatic rings. The summed E-state index contributed by atoms with van der Waals surface area (Å²) in [6, 6.07) is 9.81. The molecule has 2 fully saturated rings. The first-order valence-corrected chi connectivity index (χ1v) is 13.3. The molecule has 1 amide bonds. The minimum Gasteiger partial charge on any atom is -0.507 e. The number of Topliss-reactive ketones (excluding diaryl/α,β-unsaturated/α-hetero) is 1. The second-order valence-corrected chi connectivity index (χ2v) is 11.3. The smallest absolute Gasteiger partial charge is 0.295 e. The second-order valence-electron chi connectivity index (χ2n) is 9.11. The van der Waals surface area contributed by atoms with Crippen molar-refractivity contribution in [3.8, 4) is 0 Å². The van der Waals surface area contributed by atoms with E-state index in [2.05, 4.69) is 4.90 Å². The zero-order valence-electron chi connectivity index (χ0n) is 20.9. The summed E-state index contributed by atoms with van der Waals surface area (Å²) in [4.78, 5) is 40.4. The number of morpholine rings is 1. The Morgan fingerprint density at radius 2 is 1.66 bits per heavy atom. The Balaban J connectivity index is 1.74. The van der Waals surface area contributed by atoms with Gasteiger partial charge in [0.05, 0.1) is 34.6 Å². The number of likely N-dealkylation sites (tertiary alicyclic amines) is 1. The summed E-state index contributed by atoms with van der Waals surface area (Å²) < 4.78 is 31.2. The van der Waals surface area contributed by atoms with E-state index in [0.29, 0.717) is 38.4 Å². The number of ketones is 1. The molecule has 12 nitrogen and oxygen atoms in total. The van der Waals surface area contributed by atoms with Gasteiger partial charge in [0.25, 0.3) is 17.4 Å². The maximum Gasteiger partial charge on any atom is 0.295 e. The first kappa shape index (κ1) is 27.4. The number of ether oxygens (including phenoxy) is 1. The van der Waals surface area contributed by atoms with E-state index in [1.54, 1.807) is 0 Å². The molecule has 0 aromatic heterocycles. The molecule has 0 saturated carbocycles. The van der Waals surface area contributed by atoms with Gasteiger partial charge in [-0.05, 0) is 42.0 Å². The van der Waals surface area contributed by atoms with Crippen LogP contribution < -0.4 is 0 Å². The quantitative estimate of drug-likeness (QED) is 0.172. The van der Waals surface area contributed by atoms with Gasteiger partial charge in [0.15, 0.2) is 0 Å². The third-order valence-corrected chi connectivity index (χ3v) is 8.46. The van der Waals surface area contributed by atoms with Gasteiger partial charge in [-0.1, -0.05) is 0 Å². The fourth-order valence-electron chi connectivity index (χ4n) is 4.46. The molecule has 0 spiro atoms. The van der Waals surface area contributed by atoms with Gasteiger partial charge in [-0.25, -0.2) is 12.7 Å². The number of nitro groups is 1. The van der Waals surface area contributed by atoms with Gasteiger partial charge in [0.1, 0.15) is 5.76 Å². The molecular formula is C25H28N4O8S. The molecule has 2 aliphatic heterocycles. The van der Waals surface area contributed by atoms with Crippen molar-refractivity contribution >= 4 is 33.2 Å². The van der Waals surface area contributed by atoms with E-state index in [4.69, 9.17) is 4.74 Å². The maximum absolute atomic E-state index is 13.2. The molecule has 0 aliphatic carbocycles. The third kappa shape index (κ3) is 5.31. The van der Waals surface area contributed by atoms with E-state index in [-0.39, 0.29) is 28.3 Å². The summed E-state index contributed by atoms with van der Waals surface area (Å²) in [5.74, 6) is -2.15. The first-order valence-electron chi connectivity index (χ1n) is 11.9. The van der Waals surface area contributed by atoms with E-state index < -0.39 is 38.4 Å². The number of nitro benzene ring substituents is 1. The van der Waals surface area contributed by atoms with Crippen LogP contribution in [0.25, 0.3) is 5.76 Å². The lowest BCUT2D eigenvalue weighted by Crippen LogP contribution is -2.42. The molecule has 202 valence electrons. The normalized spacial score (nSPS) is 20.3. The van der Waals surface area contributed by atoms with Crippen molar-refractivity contribution in [2.75, 3.05) is 53.5 Å². The van der Waals surface area contributed by atoms with Gasteiger partial charge in [-0.2, -0.15) is 0 Å². The monoisotopic (exact) mass is 544 g/mol. The van der Waals surface area contributed by atoms with Gasteiger partial charge in [0.2, 0.25) is 10.0 Å². The number of benzene rings is 2. The van der Waals surface area contributed by atoms with Crippen LogP contribution in [0.15, 0.2) is 59.0 Å². The van der Waals surface area contributed by atoms with E-state index in [1.165, 1.54) is 67.5 Å². The molecule has 0 bridgehead atoms. The molecule has 2 aromatic carbocycles. The van der Waals surface area contributed by atoms with Crippen LogP contribution in [-0.2, 0) is 24.3 Å². The number of hydrogen-bond acceptors (Lipinski definition) is 9. The predicted octanol–water partition coefficient (Wildman–Crippen LogP) is 1.60. The molecule has 1 N–H and O–H groups in total. The number of aliphatic hydroxyl groups is 1. The third-order valence-electron chi connectivity index (χ3n) is 6.63. The molecule has 1 atom stereocenters. The molecule has 0 unspecified atom stereocenters. The minimum atomic E-state index is -3.71.